The molecule has 0 amide bonds. The van der Waals surface area contributed by atoms with Crippen molar-refractivity contribution in [1.82, 2.24) is 4.98 Å². The molecule has 0 aliphatic rings. The highest BCUT2D eigenvalue weighted by Gasteiger charge is 1.99. The summed E-state index contributed by atoms with van der Waals surface area (Å²) in [5.41, 5.74) is 1.04. The molecule has 0 spiro atoms. The molecule has 12 heavy (non-hydrogen) atoms. The van der Waals surface area contributed by atoms with Crippen molar-refractivity contribution >= 4 is 27.3 Å². The van der Waals surface area contributed by atoms with Gasteiger partial charge in [0.25, 0.3) is 0 Å². The summed E-state index contributed by atoms with van der Waals surface area (Å²) in [4.78, 5) is 4.19. The number of benzene rings is 1. The fraction of sp³-hybridized carbons (Fsp3) is 0. The zero-order valence-electron chi connectivity index (χ0n) is 6.12. The van der Waals surface area contributed by atoms with E-state index in [2.05, 4.69) is 27.0 Å². The Morgan fingerprint density at radius 2 is 2.42 bits per heavy atom. The third-order valence-corrected chi connectivity index (χ3v) is 2.73. The lowest BCUT2D eigenvalue weighted by Crippen LogP contribution is -1.74. The van der Waals surface area contributed by atoms with Crippen LogP contribution in [-0.4, -0.2) is 4.98 Å². The molecule has 1 radical (unpaired) electrons. The summed E-state index contributed by atoms with van der Waals surface area (Å²) in [5, 5.41) is 2.97. The zero-order valence-corrected chi connectivity index (χ0v) is 8.52. The number of hydrogen-bond acceptors (Lipinski definition) is 2. The maximum absolute atomic E-state index is 4.19. The van der Waals surface area contributed by atoms with E-state index in [1.54, 1.807) is 17.5 Å². The van der Waals surface area contributed by atoms with Crippen LogP contribution >= 0.6 is 27.3 Å². The lowest BCUT2D eigenvalue weighted by molar-refractivity contribution is 1.41. The summed E-state index contributed by atoms with van der Waals surface area (Å²) >= 11 is 5.03. The highest BCUT2D eigenvalue weighted by Crippen LogP contribution is 2.23. The van der Waals surface area contributed by atoms with Crippen molar-refractivity contribution in [3.8, 4) is 10.6 Å². The van der Waals surface area contributed by atoms with Crippen LogP contribution in [0.1, 0.15) is 0 Å². The van der Waals surface area contributed by atoms with Gasteiger partial charge in [0.2, 0.25) is 0 Å². The van der Waals surface area contributed by atoms with E-state index in [1.165, 1.54) is 0 Å². The SMILES string of the molecule is Brc1cc[c]c(-c2nccs2)c1. The molecule has 2 aromatic rings. The molecule has 59 valence electrons. The zero-order chi connectivity index (χ0) is 8.39. The molecule has 1 aromatic carbocycles. The molecule has 1 nitrogen and oxygen atoms in total. The molecule has 0 aliphatic carbocycles. The highest BCUT2D eigenvalue weighted by atomic mass is 79.9. The molecular weight excluding hydrogens is 234 g/mol. The normalized spacial score (nSPS) is 10.1. The fourth-order valence-electron chi connectivity index (χ4n) is 0.919. The monoisotopic (exact) mass is 238 g/mol. The van der Waals surface area contributed by atoms with Gasteiger partial charge in [-0.05, 0) is 18.2 Å². The average Bonchev–Trinajstić information content (AvgIpc) is 2.56. The van der Waals surface area contributed by atoms with Crippen LogP contribution in [-0.2, 0) is 0 Å². The van der Waals surface area contributed by atoms with E-state index in [0.29, 0.717) is 0 Å². The van der Waals surface area contributed by atoms with Crippen molar-refractivity contribution in [2.45, 2.75) is 0 Å². The first kappa shape index (κ1) is 7.95. The van der Waals surface area contributed by atoms with Gasteiger partial charge in [0, 0.05) is 21.6 Å². The summed E-state index contributed by atoms with van der Waals surface area (Å²) in [7, 11) is 0. The lowest BCUT2D eigenvalue weighted by atomic mass is 10.2. The van der Waals surface area contributed by atoms with Crippen LogP contribution in [0.15, 0.2) is 34.2 Å². The molecule has 0 N–H and O–H groups in total. The van der Waals surface area contributed by atoms with Gasteiger partial charge in [-0.1, -0.05) is 22.0 Å². The molecule has 0 atom stereocenters. The second-order valence-electron chi connectivity index (χ2n) is 2.26. The van der Waals surface area contributed by atoms with E-state index in [0.717, 1.165) is 15.0 Å². The third-order valence-electron chi connectivity index (χ3n) is 1.43. The summed E-state index contributed by atoms with van der Waals surface area (Å²) in [6, 6.07) is 8.99. The summed E-state index contributed by atoms with van der Waals surface area (Å²) in [6.07, 6.45) is 1.80. The molecule has 1 heterocycles. The van der Waals surface area contributed by atoms with E-state index in [4.69, 9.17) is 0 Å². The maximum atomic E-state index is 4.19. The smallest absolute Gasteiger partial charge is 0.123 e. The van der Waals surface area contributed by atoms with Gasteiger partial charge >= 0.3 is 0 Å². The molecule has 0 saturated heterocycles. The number of hydrogen-bond donors (Lipinski definition) is 0. The van der Waals surface area contributed by atoms with E-state index in [-0.39, 0.29) is 0 Å². The second-order valence-corrected chi connectivity index (χ2v) is 4.07. The van der Waals surface area contributed by atoms with Crippen LogP contribution in [0.5, 0.6) is 0 Å². The van der Waals surface area contributed by atoms with Gasteiger partial charge < -0.3 is 0 Å². The molecule has 0 unspecified atom stereocenters. The van der Waals surface area contributed by atoms with Crippen LogP contribution in [0, 0.1) is 6.07 Å². The fourth-order valence-corrected chi connectivity index (χ4v) is 1.90. The van der Waals surface area contributed by atoms with E-state index < -0.39 is 0 Å². The minimum atomic E-state index is 1.01. The van der Waals surface area contributed by atoms with Gasteiger partial charge in [-0.3, -0.25) is 0 Å². The van der Waals surface area contributed by atoms with Crippen LogP contribution in [0.3, 0.4) is 0 Å². The summed E-state index contributed by atoms with van der Waals surface area (Å²) in [6.45, 7) is 0. The average molecular weight is 239 g/mol. The van der Waals surface area contributed by atoms with Crippen molar-refractivity contribution in [3.63, 3.8) is 0 Å². The van der Waals surface area contributed by atoms with Crippen molar-refractivity contribution in [2.75, 3.05) is 0 Å². The van der Waals surface area contributed by atoms with Crippen molar-refractivity contribution in [3.05, 3.63) is 40.3 Å². The minimum Gasteiger partial charge on any atom is -0.245 e. The van der Waals surface area contributed by atoms with Crippen LogP contribution in [0.2, 0.25) is 0 Å². The second kappa shape index (κ2) is 3.37. The van der Waals surface area contributed by atoms with Gasteiger partial charge in [0.05, 0.1) is 0 Å². The Bertz CT molecular complexity index is 370. The molecule has 0 aliphatic heterocycles. The number of rotatable bonds is 1. The third kappa shape index (κ3) is 1.57. The number of nitrogens with zero attached hydrogens (tertiary/aromatic N) is 1. The molecule has 0 bridgehead atoms. The van der Waals surface area contributed by atoms with Crippen molar-refractivity contribution < 1.29 is 0 Å². The standard InChI is InChI=1S/C9H5BrNS/c10-8-3-1-2-7(6-8)9-11-4-5-12-9/h1,3-6H. The largest absolute Gasteiger partial charge is 0.245 e. The Labute approximate surface area is 83.2 Å². The molecular formula is C9H5BrNS. The van der Waals surface area contributed by atoms with E-state index >= 15 is 0 Å². The van der Waals surface area contributed by atoms with Crippen LogP contribution in [0.25, 0.3) is 10.6 Å². The van der Waals surface area contributed by atoms with E-state index in [1.807, 2.05) is 23.6 Å². The Hall–Kier alpha value is -0.670. The highest BCUT2D eigenvalue weighted by molar-refractivity contribution is 9.10. The van der Waals surface area contributed by atoms with Gasteiger partial charge in [-0.2, -0.15) is 0 Å². The number of halogens is 1. The topological polar surface area (TPSA) is 12.9 Å². The Morgan fingerprint density at radius 1 is 1.50 bits per heavy atom. The molecule has 0 fully saturated rings. The van der Waals surface area contributed by atoms with Crippen molar-refractivity contribution in [1.29, 1.82) is 0 Å². The Morgan fingerprint density at radius 3 is 3.08 bits per heavy atom. The molecule has 1 aromatic heterocycles. The Balaban J connectivity index is 2.48. The molecule has 3 heteroatoms. The first-order chi connectivity index (χ1) is 5.86. The van der Waals surface area contributed by atoms with Gasteiger partial charge in [0.1, 0.15) is 5.01 Å². The number of thiazole rings is 1. The van der Waals surface area contributed by atoms with Gasteiger partial charge in [-0.15, -0.1) is 11.3 Å². The summed E-state index contributed by atoms with van der Waals surface area (Å²) < 4.78 is 1.06. The van der Waals surface area contributed by atoms with Gasteiger partial charge in [-0.25, -0.2) is 4.98 Å². The van der Waals surface area contributed by atoms with Gasteiger partial charge in [0.15, 0.2) is 0 Å². The first-order valence-corrected chi connectivity index (χ1v) is 5.10. The first-order valence-electron chi connectivity index (χ1n) is 3.43. The summed E-state index contributed by atoms with van der Waals surface area (Å²) in [5.74, 6) is 0. The molecule has 2 rings (SSSR count). The predicted octanol–water partition coefficient (Wildman–Crippen LogP) is 3.37. The van der Waals surface area contributed by atoms with Crippen LogP contribution in [0.4, 0.5) is 0 Å². The Kier molecular flexibility index (Phi) is 2.23. The molecule has 0 saturated carbocycles. The minimum absolute atomic E-state index is 1.01. The van der Waals surface area contributed by atoms with Crippen LogP contribution < -0.4 is 0 Å². The predicted molar refractivity (Wildman–Crippen MR) is 54.1 cm³/mol. The number of aromatic nitrogens is 1. The van der Waals surface area contributed by atoms with E-state index in [9.17, 15) is 0 Å². The van der Waals surface area contributed by atoms with Crippen molar-refractivity contribution in [2.24, 2.45) is 0 Å². The maximum Gasteiger partial charge on any atom is 0.123 e. The lowest BCUT2D eigenvalue weighted by Gasteiger charge is -1.94. The quantitative estimate of drug-likeness (QED) is 0.743.